The second kappa shape index (κ2) is 11.1. The molecule has 2 amide bonds. The average molecular weight is 388 g/mol. The molecule has 2 rings (SSSR count). The number of anilines is 2. The van der Waals surface area contributed by atoms with Crippen molar-refractivity contribution in [2.45, 2.75) is 20.8 Å². The second-order valence-electron chi connectivity index (χ2n) is 5.92. The molecule has 0 bridgehead atoms. The van der Waals surface area contributed by atoms with E-state index in [0.29, 0.717) is 12.4 Å². The monoisotopic (exact) mass is 388 g/mol. The third-order valence-corrected chi connectivity index (χ3v) is 2.92. The number of hydrogen-bond donors (Lipinski definition) is 3. The number of nitrogens with zero attached hydrogens (tertiary/aromatic N) is 4. The Hall–Kier alpha value is -3.74. The first-order chi connectivity index (χ1) is 13.2. The second-order valence-corrected chi connectivity index (χ2v) is 5.92. The highest BCUT2D eigenvalue weighted by atomic mass is 19.1. The van der Waals surface area contributed by atoms with Crippen molar-refractivity contribution in [3.8, 4) is 6.07 Å². The van der Waals surface area contributed by atoms with Crippen molar-refractivity contribution < 1.29 is 19.1 Å². The van der Waals surface area contributed by atoms with Crippen LogP contribution in [0.3, 0.4) is 0 Å². The molecule has 2 aromatic rings. The number of nitriles is 1. The van der Waals surface area contributed by atoms with Crippen LogP contribution in [0.1, 0.15) is 26.6 Å². The number of carboxylic acids is 1. The third kappa shape index (κ3) is 8.09. The first kappa shape index (κ1) is 22.3. The van der Waals surface area contributed by atoms with Gasteiger partial charge >= 0.3 is 6.03 Å². The SMILES string of the molecule is CC(=O)O.CC(C)CN(NC(=O)Nc1ccccc1F)c1ccnc(C#N)n1. The molecule has 0 saturated carbocycles. The van der Waals surface area contributed by atoms with Gasteiger partial charge in [0.25, 0.3) is 5.97 Å². The van der Waals surface area contributed by atoms with Crippen LogP contribution in [0.4, 0.5) is 20.7 Å². The summed E-state index contributed by atoms with van der Waals surface area (Å²) in [6.07, 6.45) is 1.44. The number of carboxylic acid groups (broad SMARTS) is 1. The molecule has 0 aliphatic rings. The number of hydrazine groups is 1. The minimum Gasteiger partial charge on any atom is -0.481 e. The Bertz CT molecular complexity index is 849. The number of rotatable bonds is 5. The summed E-state index contributed by atoms with van der Waals surface area (Å²) in [6, 6.07) is 8.68. The number of urea groups is 1. The Morgan fingerprint density at radius 1 is 1.32 bits per heavy atom. The van der Waals surface area contributed by atoms with E-state index in [1.165, 1.54) is 29.4 Å². The van der Waals surface area contributed by atoms with Crippen LogP contribution >= 0.6 is 0 Å². The average Bonchev–Trinajstić information content (AvgIpc) is 2.62. The van der Waals surface area contributed by atoms with E-state index in [0.717, 1.165) is 6.92 Å². The number of carbonyl (C=O) groups excluding carboxylic acids is 1. The number of para-hydroxylation sites is 1. The molecule has 148 valence electrons. The van der Waals surface area contributed by atoms with Crippen molar-refractivity contribution in [1.82, 2.24) is 15.4 Å². The molecule has 1 aromatic carbocycles. The molecule has 0 atom stereocenters. The molecule has 3 N–H and O–H groups in total. The fourth-order valence-electron chi connectivity index (χ4n) is 1.95. The van der Waals surface area contributed by atoms with Crippen molar-refractivity contribution in [2.24, 2.45) is 5.92 Å². The fourth-order valence-corrected chi connectivity index (χ4v) is 1.95. The van der Waals surface area contributed by atoms with Crippen molar-refractivity contribution in [1.29, 1.82) is 5.26 Å². The summed E-state index contributed by atoms with van der Waals surface area (Å²) < 4.78 is 13.6. The van der Waals surface area contributed by atoms with Gasteiger partial charge < -0.3 is 10.4 Å². The van der Waals surface area contributed by atoms with E-state index in [-0.39, 0.29) is 17.4 Å². The highest BCUT2D eigenvalue weighted by Gasteiger charge is 2.15. The van der Waals surface area contributed by atoms with Gasteiger partial charge in [0.1, 0.15) is 11.9 Å². The number of benzene rings is 1. The van der Waals surface area contributed by atoms with E-state index in [1.807, 2.05) is 19.9 Å². The van der Waals surface area contributed by atoms with Gasteiger partial charge in [-0.3, -0.25) is 9.80 Å². The van der Waals surface area contributed by atoms with E-state index in [1.54, 1.807) is 12.1 Å². The minimum absolute atomic E-state index is 0.00225. The van der Waals surface area contributed by atoms with Crippen LogP contribution in [0.25, 0.3) is 0 Å². The maximum Gasteiger partial charge on any atom is 0.338 e. The predicted octanol–water partition coefficient (Wildman–Crippen LogP) is 2.78. The molecule has 28 heavy (non-hydrogen) atoms. The summed E-state index contributed by atoms with van der Waals surface area (Å²) in [7, 11) is 0. The van der Waals surface area contributed by atoms with E-state index in [9.17, 15) is 9.18 Å². The first-order valence-corrected chi connectivity index (χ1v) is 8.25. The van der Waals surface area contributed by atoms with Gasteiger partial charge in [-0.05, 0) is 18.1 Å². The number of amides is 2. The van der Waals surface area contributed by atoms with Gasteiger partial charge in [0.15, 0.2) is 5.82 Å². The van der Waals surface area contributed by atoms with E-state index < -0.39 is 17.8 Å². The van der Waals surface area contributed by atoms with Crippen LogP contribution in [0.2, 0.25) is 0 Å². The van der Waals surface area contributed by atoms with Gasteiger partial charge in [-0.1, -0.05) is 26.0 Å². The summed E-state index contributed by atoms with van der Waals surface area (Å²) in [5, 5.41) is 20.2. The van der Waals surface area contributed by atoms with E-state index in [4.69, 9.17) is 15.2 Å². The Morgan fingerprint density at radius 2 is 1.96 bits per heavy atom. The normalized spacial score (nSPS) is 9.57. The van der Waals surface area contributed by atoms with Gasteiger partial charge in [0.2, 0.25) is 5.82 Å². The number of halogens is 1. The lowest BCUT2D eigenvalue weighted by atomic mass is 10.2. The van der Waals surface area contributed by atoms with E-state index in [2.05, 4.69) is 20.7 Å². The highest BCUT2D eigenvalue weighted by molar-refractivity contribution is 5.90. The number of hydrogen-bond acceptors (Lipinski definition) is 6. The molecule has 1 heterocycles. The van der Waals surface area contributed by atoms with Gasteiger partial charge in [-0.25, -0.2) is 19.6 Å². The Morgan fingerprint density at radius 3 is 2.54 bits per heavy atom. The molecule has 1 aromatic heterocycles. The van der Waals surface area contributed by atoms with Crippen LogP contribution in [-0.4, -0.2) is 33.6 Å². The molecule has 0 fully saturated rings. The largest absolute Gasteiger partial charge is 0.481 e. The summed E-state index contributed by atoms with van der Waals surface area (Å²) in [6.45, 7) is 5.47. The van der Waals surface area contributed by atoms with Gasteiger partial charge in [0.05, 0.1) is 5.69 Å². The summed E-state index contributed by atoms with van der Waals surface area (Å²) >= 11 is 0. The van der Waals surface area contributed by atoms with E-state index >= 15 is 0 Å². The maximum absolute atomic E-state index is 13.6. The molecule has 0 saturated heterocycles. The fraction of sp³-hybridized carbons (Fsp3) is 0.278. The topological polar surface area (TPSA) is 131 Å². The number of aliphatic carboxylic acids is 1. The minimum atomic E-state index is -0.833. The lowest BCUT2D eigenvalue weighted by Crippen LogP contribution is -2.47. The first-order valence-electron chi connectivity index (χ1n) is 8.25. The molecule has 0 radical (unpaired) electrons. The molecule has 0 spiro atoms. The quantitative estimate of drug-likeness (QED) is 0.671. The van der Waals surface area contributed by atoms with Gasteiger partial charge in [-0.2, -0.15) is 10.2 Å². The highest BCUT2D eigenvalue weighted by Crippen LogP contribution is 2.13. The van der Waals surface area contributed by atoms with Crippen LogP contribution < -0.4 is 15.8 Å². The zero-order valence-corrected chi connectivity index (χ0v) is 15.7. The van der Waals surface area contributed by atoms with Crippen molar-refractivity contribution in [2.75, 3.05) is 16.9 Å². The molecule has 10 heteroatoms. The smallest absolute Gasteiger partial charge is 0.338 e. The number of nitrogens with one attached hydrogen (secondary N) is 2. The van der Waals surface area contributed by atoms with Crippen molar-refractivity contribution in [3.05, 3.63) is 48.2 Å². The zero-order chi connectivity index (χ0) is 21.1. The predicted molar refractivity (Wildman–Crippen MR) is 101 cm³/mol. The molecule has 0 aliphatic carbocycles. The molecular formula is C18H21FN6O3. The van der Waals surface area contributed by atoms with Crippen molar-refractivity contribution >= 4 is 23.5 Å². The Kier molecular flexibility index (Phi) is 8.82. The summed E-state index contributed by atoms with van der Waals surface area (Å²) in [4.78, 5) is 29.0. The maximum atomic E-state index is 13.6. The molecule has 0 unspecified atom stereocenters. The molecular weight excluding hydrogens is 367 g/mol. The molecule has 0 aliphatic heterocycles. The number of carbonyl (C=O) groups is 2. The van der Waals surface area contributed by atoms with Crippen LogP contribution in [-0.2, 0) is 4.79 Å². The zero-order valence-electron chi connectivity index (χ0n) is 15.7. The Labute approximate surface area is 161 Å². The Balaban J connectivity index is 0.000000892. The summed E-state index contributed by atoms with van der Waals surface area (Å²) in [5.41, 5.74) is 2.68. The van der Waals surface area contributed by atoms with Gasteiger partial charge in [0, 0.05) is 25.7 Å². The standard InChI is InChI=1S/C16H17FN6O.C2H4O2/c1-11(2)10-23(15-7-8-19-14(9-18)21-15)22-16(24)20-13-6-4-3-5-12(13)17;1-2(3)4/h3-8,11H,10H2,1-2H3,(H2,20,22,24);1H3,(H,3,4). The molecule has 9 nitrogen and oxygen atoms in total. The number of aromatic nitrogens is 2. The van der Waals surface area contributed by atoms with Crippen molar-refractivity contribution in [3.63, 3.8) is 0 Å². The summed E-state index contributed by atoms with van der Waals surface area (Å²) in [5.74, 6) is -0.785. The van der Waals surface area contributed by atoms with Crippen LogP contribution in [0, 0.1) is 23.1 Å². The van der Waals surface area contributed by atoms with Crippen LogP contribution in [0.15, 0.2) is 36.5 Å². The van der Waals surface area contributed by atoms with Crippen LogP contribution in [0.5, 0.6) is 0 Å². The third-order valence-electron chi connectivity index (χ3n) is 2.92. The van der Waals surface area contributed by atoms with Gasteiger partial charge in [-0.15, -0.1) is 0 Å². The lowest BCUT2D eigenvalue weighted by molar-refractivity contribution is -0.134. The lowest BCUT2D eigenvalue weighted by Gasteiger charge is -2.26.